The standard InChI is InChI=1S/C7H14ClN2/c1-3-5-10(8)6-4-9(2)7-10/h4,6H,3,5,7H2,1-2H3/q+1. The first-order chi connectivity index (χ1) is 4.66. The lowest BCUT2D eigenvalue weighted by Gasteiger charge is -2.21. The number of hydrogen-bond acceptors (Lipinski definition) is 1. The first-order valence-corrected chi connectivity index (χ1v) is 3.96. The fraction of sp³-hybridized carbons (Fsp3) is 0.714. The van der Waals surface area contributed by atoms with Crippen molar-refractivity contribution >= 4 is 11.8 Å². The predicted octanol–water partition coefficient (Wildman–Crippen LogP) is 1.74. The molecule has 1 heterocycles. The Morgan fingerprint density at radius 2 is 2.40 bits per heavy atom. The van der Waals surface area contributed by atoms with Crippen molar-refractivity contribution in [2.24, 2.45) is 0 Å². The van der Waals surface area contributed by atoms with Gasteiger partial charge in [-0.15, -0.1) is 0 Å². The zero-order valence-corrected chi connectivity index (χ0v) is 7.30. The van der Waals surface area contributed by atoms with Crippen LogP contribution in [0, 0.1) is 0 Å². The van der Waals surface area contributed by atoms with E-state index in [1.165, 1.54) is 0 Å². The molecular formula is C7H14ClN2+. The zero-order chi connectivity index (χ0) is 7.61. The summed E-state index contributed by atoms with van der Waals surface area (Å²) in [4.78, 5) is 2.10. The van der Waals surface area contributed by atoms with Crippen molar-refractivity contribution in [3.63, 3.8) is 0 Å². The van der Waals surface area contributed by atoms with Crippen LogP contribution < -0.4 is 0 Å². The molecule has 1 unspecified atom stereocenters. The molecular weight excluding hydrogens is 148 g/mol. The summed E-state index contributed by atoms with van der Waals surface area (Å²) in [5.41, 5.74) is 0. The summed E-state index contributed by atoms with van der Waals surface area (Å²) in [5, 5.41) is 0. The highest BCUT2D eigenvalue weighted by atomic mass is 35.5. The number of nitrogens with zero attached hydrogens (tertiary/aromatic N) is 2. The minimum Gasteiger partial charge on any atom is -0.328 e. The topological polar surface area (TPSA) is 3.24 Å². The number of hydrogen-bond donors (Lipinski definition) is 0. The van der Waals surface area contributed by atoms with Crippen LogP contribution in [0.4, 0.5) is 0 Å². The fourth-order valence-electron chi connectivity index (χ4n) is 1.22. The van der Waals surface area contributed by atoms with Crippen LogP contribution in [0.25, 0.3) is 0 Å². The summed E-state index contributed by atoms with van der Waals surface area (Å²) in [5.74, 6) is 0. The molecule has 10 heavy (non-hydrogen) atoms. The number of quaternary nitrogens is 1. The molecule has 0 amide bonds. The molecule has 1 aliphatic rings. The Morgan fingerprint density at radius 3 is 2.80 bits per heavy atom. The Kier molecular flexibility index (Phi) is 2.21. The van der Waals surface area contributed by atoms with E-state index in [9.17, 15) is 0 Å². The van der Waals surface area contributed by atoms with Gasteiger partial charge < -0.3 is 4.90 Å². The van der Waals surface area contributed by atoms with E-state index in [-0.39, 0.29) is 0 Å². The molecule has 0 saturated heterocycles. The predicted molar refractivity (Wildman–Crippen MR) is 43.0 cm³/mol. The maximum atomic E-state index is 6.17. The lowest BCUT2D eigenvalue weighted by Crippen LogP contribution is -2.35. The third-order valence-electron chi connectivity index (χ3n) is 1.64. The van der Waals surface area contributed by atoms with Crippen LogP contribution in [0.5, 0.6) is 0 Å². The summed E-state index contributed by atoms with van der Waals surface area (Å²) < 4.78 is 0.549. The lowest BCUT2D eigenvalue weighted by atomic mass is 10.4. The fourth-order valence-corrected chi connectivity index (χ4v) is 1.60. The maximum absolute atomic E-state index is 6.17. The molecule has 0 spiro atoms. The van der Waals surface area contributed by atoms with Crippen LogP contribution in [0.2, 0.25) is 0 Å². The minimum atomic E-state index is 0.549. The second-order valence-electron chi connectivity index (χ2n) is 2.85. The van der Waals surface area contributed by atoms with Gasteiger partial charge in [0.2, 0.25) is 0 Å². The van der Waals surface area contributed by atoms with Crippen molar-refractivity contribution < 1.29 is 4.00 Å². The van der Waals surface area contributed by atoms with Crippen LogP contribution in [0.1, 0.15) is 13.3 Å². The summed E-state index contributed by atoms with van der Waals surface area (Å²) >= 11 is 6.17. The molecule has 0 N–H and O–H groups in total. The maximum Gasteiger partial charge on any atom is 0.175 e. The molecule has 0 bridgehead atoms. The molecule has 0 fully saturated rings. The van der Waals surface area contributed by atoms with Gasteiger partial charge in [-0.2, -0.15) is 4.00 Å². The van der Waals surface area contributed by atoms with Crippen molar-refractivity contribution in [1.82, 2.24) is 4.90 Å². The van der Waals surface area contributed by atoms with Crippen LogP contribution in [-0.4, -0.2) is 29.2 Å². The molecule has 3 heteroatoms. The molecule has 0 aromatic carbocycles. The average molecular weight is 162 g/mol. The summed E-state index contributed by atoms with van der Waals surface area (Å²) in [7, 11) is 2.04. The van der Waals surface area contributed by atoms with Gasteiger partial charge in [0.1, 0.15) is 12.7 Å². The second-order valence-corrected chi connectivity index (χ2v) is 3.52. The van der Waals surface area contributed by atoms with E-state index in [1.54, 1.807) is 0 Å². The molecule has 1 rings (SSSR count). The largest absolute Gasteiger partial charge is 0.328 e. The Bertz CT molecular complexity index is 147. The van der Waals surface area contributed by atoms with Crippen molar-refractivity contribution in [3.05, 3.63) is 12.4 Å². The van der Waals surface area contributed by atoms with E-state index >= 15 is 0 Å². The first kappa shape index (κ1) is 7.89. The molecule has 2 nitrogen and oxygen atoms in total. The molecule has 0 aliphatic carbocycles. The molecule has 1 atom stereocenters. The third-order valence-corrected chi connectivity index (χ3v) is 2.03. The van der Waals surface area contributed by atoms with Crippen molar-refractivity contribution in [2.45, 2.75) is 13.3 Å². The molecule has 1 aliphatic heterocycles. The van der Waals surface area contributed by atoms with Crippen LogP contribution in [-0.2, 0) is 0 Å². The lowest BCUT2D eigenvalue weighted by molar-refractivity contribution is -0.763. The van der Waals surface area contributed by atoms with Gasteiger partial charge in [-0.05, 0) is 6.42 Å². The molecule has 0 radical (unpaired) electrons. The summed E-state index contributed by atoms with van der Waals surface area (Å²) in [6, 6.07) is 0. The smallest absolute Gasteiger partial charge is 0.175 e. The highest BCUT2D eigenvalue weighted by Gasteiger charge is 2.27. The second kappa shape index (κ2) is 2.81. The van der Waals surface area contributed by atoms with Crippen LogP contribution >= 0.6 is 11.8 Å². The number of rotatable bonds is 2. The molecule has 0 aromatic heterocycles. The van der Waals surface area contributed by atoms with Gasteiger partial charge in [-0.1, -0.05) is 6.92 Å². The Morgan fingerprint density at radius 1 is 1.70 bits per heavy atom. The molecule has 0 aromatic rings. The first-order valence-electron chi connectivity index (χ1n) is 3.62. The number of halogens is 1. The van der Waals surface area contributed by atoms with Crippen molar-refractivity contribution in [1.29, 1.82) is 0 Å². The molecule has 58 valence electrons. The van der Waals surface area contributed by atoms with Gasteiger partial charge in [0, 0.05) is 7.05 Å². The average Bonchev–Trinajstić information content (AvgIpc) is 2.12. The monoisotopic (exact) mass is 161 g/mol. The normalized spacial score (nSPS) is 31.7. The van der Waals surface area contributed by atoms with E-state index in [0.717, 1.165) is 19.6 Å². The van der Waals surface area contributed by atoms with E-state index in [4.69, 9.17) is 11.8 Å². The molecule has 0 saturated carbocycles. The Labute approximate surface area is 67.4 Å². The van der Waals surface area contributed by atoms with E-state index in [1.807, 2.05) is 19.4 Å². The minimum absolute atomic E-state index is 0.549. The van der Waals surface area contributed by atoms with Gasteiger partial charge in [0.05, 0.1) is 6.20 Å². The third kappa shape index (κ3) is 1.64. The Hall–Kier alpha value is -0.210. The van der Waals surface area contributed by atoms with Gasteiger partial charge in [-0.3, -0.25) is 0 Å². The van der Waals surface area contributed by atoms with Crippen molar-refractivity contribution in [2.75, 3.05) is 20.3 Å². The van der Waals surface area contributed by atoms with Gasteiger partial charge in [0.25, 0.3) is 0 Å². The van der Waals surface area contributed by atoms with E-state index < -0.39 is 0 Å². The van der Waals surface area contributed by atoms with Gasteiger partial charge in [0.15, 0.2) is 18.4 Å². The highest BCUT2D eigenvalue weighted by molar-refractivity contribution is 6.07. The highest BCUT2D eigenvalue weighted by Crippen LogP contribution is 2.20. The van der Waals surface area contributed by atoms with E-state index in [2.05, 4.69) is 11.8 Å². The van der Waals surface area contributed by atoms with Crippen LogP contribution in [0.15, 0.2) is 12.4 Å². The van der Waals surface area contributed by atoms with Crippen LogP contribution in [0.3, 0.4) is 0 Å². The van der Waals surface area contributed by atoms with E-state index in [0.29, 0.717) is 4.00 Å². The summed E-state index contributed by atoms with van der Waals surface area (Å²) in [6.07, 6.45) is 5.19. The summed E-state index contributed by atoms with van der Waals surface area (Å²) in [6.45, 7) is 4.06. The Balaban J connectivity index is 2.48. The van der Waals surface area contributed by atoms with Crippen molar-refractivity contribution in [3.8, 4) is 0 Å². The zero-order valence-electron chi connectivity index (χ0n) is 6.55. The van der Waals surface area contributed by atoms with Gasteiger partial charge >= 0.3 is 0 Å². The quantitative estimate of drug-likeness (QED) is 0.558. The SMILES string of the molecule is CCC[N+]1(Cl)C=CN(C)C1. The van der Waals surface area contributed by atoms with Gasteiger partial charge in [-0.25, -0.2) is 0 Å².